The number of carbonyl (C=O) groups is 2. The van der Waals surface area contributed by atoms with Crippen LogP contribution in [-0.4, -0.2) is 35.8 Å². The van der Waals surface area contributed by atoms with Crippen molar-refractivity contribution < 1.29 is 9.59 Å². The average Bonchev–Trinajstić information content (AvgIpc) is 2.52. The number of piperidine rings is 1. The van der Waals surface area contributed by atoms with Crippen LogP contribution < -0.4 is 11.1 Å². The highest BCUT2D eigenvalue weighted by Crippen LogP contribution is 2.23. The van der Waals surface area contributed by atoms with Crippen LogP contribution in [0.25, 0.3) is 0 Å². The van der Waals surface area contributed by atoms with E-state index in [9.17, 15) is 9.59 Å². The molecule has 1 saturated heterocycles. The van der Waals surface area contributed by atoms with E-state index in [2.05, 4.69) is 12.2 Å². The number of nitrogens with one attached hydrogen (secondary N) is 1. The molecule has 0 spiro atoms. The summed E-state index contributed by atoms with van der Waals surface area (Å²) >= 11 is 0. The van der Waals surface area contributed by atoms with E-state index in [1.165, 1.54) is 6.92 Å². The highest BCUT2D eigenvalue weighted by atomic mass is 35.5. The van der Waals surface area contributed by atoms with Gasteiger partial charge in [-0.25, -0.2) is 0 Å². The van der Waals surface area contributed by atoms with Crippen molar-refractivity contribution in [2.45, 2.75) is 39.3 Å². The van der Waals surface area contributed by atoms with Gasteiger partial charge in [0.1, 0.15) is 0 Å². The molecule has 0 saturated carbocycles. The van der Waals surface area contributed by atoms with Crippen LogP contribution in [0.1, 0.15) is 42.6 Å². The summed E-state index contributed by atoms with van der Waals surface area (Å²) in [7, 11) is 0. The van der Waals surface area contributed by atoms with Crippen LogP contribution in [0.15, 0.2) is 24.3 Å². The molecule has 1 aromatic rings. The van der Waals surface area contributed by atoms with Crippen LogP contribution in [0, 0.1) is 5.92 Å². The number of halogens is 1. The Morgan fingerprint density at radius 3 is 2.52 bits per heavy atom. The van der Waals surface area contributed by atoms with Crippen molar-refractivity contribution >= 4 is 24.2 Å². The Balaban J connectivity index is 0.00000264. The van der Waals surface area contributed by atoms with Crippen LogP contribution in [0.4, 0.5) is 0 Å². The second kappa shape index (κ2) is 8.89. The molecule has 6 heteroatoms. The fourth-order valence-electron chi connectivity index (χ4n) is 2.90. The third kappa shape index (κ3) is 5.22. The molecule has 1 heterocycles. The monoisotopic (exact) mass is 339 g/mol. The molecule has 0 aromatic heterocycles. The molecule has 5 nitrogen and oxygen atoms in total. The van der Waals surface area contributed by atoms with Gasteiger partial charge in [0.05, 0.1) is 0 Å². The summed E-state index contributed by atoms with van der Waals surface area (Å²) in [5.41, 5.74) is 7.49. The average molecular weight is 340 g/mol. The summed E-state index contributed by atoms with van der Waals surface area (Å²) < 4.78 is 0. The van der Waals surface area contributed by atoms with Crippen molar-refractivity contribution in [3.8, 4) is 0 Å². The number of likely N-dealkylation sites (tertiary alicyclic amines) is 1. The van der Waals surface area contributed by atoms with Gasteiger partial charge in [-0.15, -0.1) is 12.4 Å². The SMILES string of the molecule is CC(=O)NCc1ccc(C(=O)N2CCC(C)CC2CN)cc1.Cl. The van der Waals surface area contributed by atoms with Crippen LogP contribution in [-0.2, 0) is 11.3 Å². The van der Waals surface area contributed by atoms with E-state index in [1.807, 2.05) is 29.2 Å². The molecule has 0 bridgehead atoms. The van der Waals surface area contributed by atoms with Gasteiger partial charge in [-0.1, -0.05) is 19.1 Å². The summed E-state index contributed by atoms with van der Waals surface area (Å²) in [6.45, 7) is 5.46. The van der Waals surface area contributed by atoms with Gasteiger partial charge in [0, 0.05) is 38.2 Å². The molecule has 2 amide bonds. The van der Waals surface area contributed by atoms with E-state index >= 15 is 0 Å². The van der Waals surface area contributed by atoms with Crippen LogP contribution in [0.3, 0.4) is 0 Å². The molecule has 3 N–H and O–H groups in total. The lowest BCUT2D eigenvalue weighted by molar-refractivity contribution is -0.119. The smallest absolute Gasteiger partial charge is 0.254 e. The highest BCUT2D eigenvalue weighted by molar-refractivity contribution is 5.94. The number of nitrogens with zero attached hydrogens (tertiary/aromatic N) is 1. The summed E-state index contributed by atoms with van der Waals surface area (Å²) in [5, 5.41) is 2.74. The first-order valence-corrected chi connectivity index (χ1v) is 7.85. The van der Waals surface area contributed by atoms with E-state index < -0.39 is 0 Å². The molecule has 2 atom stereocenters. The van der Waals surface area contributed by atoms with Crippen molar-refractivity contribution in [3.05, 3.63) is 35.4 Å². The van der Waals surface area contributed by atoms with Gasteiger partial charge in [-0.2, -0.15) is 0 Å². The molecule has 2 unspecified atom stereocenters. The maximum absolute atomic E-state index is 12.7. The fraction of sp³-hybridized carbons (Fsp3) is 0.529. The van der Waals surface area contributed by atoms with E-state index in [0.29, 0.717) is 24.6 Å². The number of nitrogens with two attached hydrogens (primary N) is 1. The number of carbonyl (C=O) groups excluding carboxylic acids is 2. The van der Waals surface area contributed by atoms with Crippen molar-refractivity contribution in [1.29, 1.82) is 0 Å². The predicted molar refractivity (Wildman–Crippen MR) is 93.5 cm³/mol. The first-order valence-electron chi connectivity index (χ1n) is 7.85. The first kappa shape index (κ1) is 19.5. The van der Waals surface area contributed by atoms with Crippen molar-refractivity contribution in [2.24, 2.45) is 11.7 Å². The highest BCUT2D eigenvalue weighted by Gasteiger charge is 2.29. The summed E-state index contributed by atoms with van der Waals surface area (Å²) in [6, 6.07) is 7.55. The second-order valence-corrected chi connectivity index (χ2v) is 6.12. The standard InChI is InChI=1S/C17H25N3O2.ClH/c1-12-7-8-20(16(9-12)10-18)17(22)15-5-3-14(4-6-15)11-19-13(2)21;/h3-6,12,16H,7-11,18H2,1-2H3,(H,19,21);1H. The number of hydrogen-bond donors (Lipinski definition) is 2. The number of rotatable bonds is 4. The Bertz CT molecular complexity index is 533. The molecule has 0 radical (unpaired) electrons. The molecule has 128 valence electrons. The zero-order chi connectivity index (χ0) is 16.1. The minimum Gasteiger partial charge on any atom is -0.352 e. The Hall–Kier alpha value is -1.59. The Kier molecular flexibility index (Phi) is 7.52. The normalized spacial score (nSPS) is 20.6. The zero-order valence-electron chi connectivity index (χ0n) is 13.7. The van der Waals surface area contributed by atoms with Crippen molar-refractivity contribution in [3.63, 3.8) is 0 Å². The Morgan fingerprint density at radius 2 is 1.96 bits per heavy atom. The predicted octanol–water partition coefficient (Wildman–Crippen LogP) is 1.94. The number of hydrogen-bond acceptors (Lipinski definition) is 3. The van der Waals surface area contributed by atoms with E-state index in [-0.39, 0.29) is 30.3 Å². The minimum absolute atomic E-state index is 0. The van der Waals surface area contributed by atoms with Gasteiger partial charge in [-0.05, 0) is 36.5 Å². The number of benzene rings is 1. The van der Waals surface area contributed by atoms with Gasteiger partial charge in [0.15, 0.2) is 0 Å². The van der Waals surface area contributed by atoms with Gasteiger partial charge >= 0.3 is 0 Å². The summed E-state index contributed by atoms with van der Waals surface area (Å²) in [6.07, 6.45) is 2.01. The molecule has 1 aliphatic heterocycles. The molecule has 1 aromatic carbocycles. The largest absolute Gasteiger partial charge is 0.352 e. The first-order chi connectivity index (χ1) is 10.5. The molecule has 23 heavy (non-hydrogen) atoms. The summed E-state index contributed by atoms with van der Waals surface area (Å²) in [5.74, 6) is 0.611. The van der Waals surface area contributed by atoms with Crippen LogP contribution >= 0.6 is 12.4 Å². The maximum Gasteiger partial charge on any atom is 0.254 e. The van der Waals surface area contributed by atoms with E-state index in [4.69, 9.17) is 5.73 Å². The lowest BCUT2D eigenvalue weighted by atomic mass is 9.92. The Morgan fingerprint density at radius 1 is 1.30 bits per heavy atom. The fourth-order valence-corrected chi connectivity index (χ4v) is 2.90. The lowest BCUT2D eigenvalue weighted by Crippen LogP contribution is -2.49. The van der Waals surface area contributed by atoms with E-state index in [1.54, 1.807) is 0 Å². The zero-order valence-corrected chi connectivity index (χ0v) is 14.6. The third-order valence-electron chi connectivity index (χ3n) is 4.25. The van der Waals surface area contributed by atoms with Crippen LogP contribution in [0.2, 0.25) is 0 Å². The minimum atomic E-state index is -0.0617. The molecular formula is C17H26ClN3O2. The quantitative estimate of drug-likeness (QED) is 0.880. The van der Waals surface area contributed by atoms with E-state index in [0.717, 1.165) is 24.9 Å². The summed E-state index contributed by atoms with van der Waals surface area (Å²) in [4.78, 5) is 25.5. The topological polar surface area (TPSA) is 75.4 Å². The molecule has 0 aliphatic carbocycles. The van der Waals surface area contributed by atoms with Crippen LogP contribution in [0.5, 0.6) is 0 Å². The third-order valence-corrected chi connectivity index (χ3v) is 4.25. The van der Waals surface area contributed by atoms with Gasteiger partial charge in [0.25, 0.3) is 5.91 Å². The molecular weight excluding hydrogens is 314 g/mol. The molecule has 1 aliphatic rings. The second-order valence-electron chi connectivity index (χ2n) is 6.12. The van der Waals surface area contributed by atoms with Crippen molar-refractivity contribution in [2.75, 3.05) is 13.1 Å². The molecule has 2 rings (SSSR count). The van der Waals surface area contributed by atoms with Crippen molar-refractivity contribution in [1.82, 2.24) is 10.2 Å². The van der Waals surface area contributed by atoms with Gasteiger partial charge < -0.3 is 16.0 Å². The Labute approximate surface area is 144 Å². The molecule has 1 fully saturated rings. The van der Waals surface area contributed by atoms with Gasteiger partial charge in [-0.3, -0.25) is 9.59 Å². The maximum atomic E-state index is 12.7. The lowest BCUT2D eigenvalue weighted by Gasteiger charge is -2.38. The number of amides is 2. The van der Waals surface area contributed by atoms with Gasteiger partial charge in [0.2, 0.25) is 5.91 Å².